The van der Waals surface area contributed by atoms with E-state index in [1.165, 1.54) is 11.0 Å². The van der Waals surface area contributed by atoms with E-state index in [0.29, 0.717) is 18.5 Å². The number of para-hydroxylation sites is 1. The Labute approximate surface area is 111 Å². The van der Waals surface area contributed by atoms with Gasteiger partial charge in [-0.15, -0.1) is 0 Å². The Morgan fingerprint density at radius 3 is 2.58 bits per heavy atom. The number of benzene rings is 1. The molecule has 0 fully saturated rings. The van der Waals surface area contributed by atoms with Crippen molar-refractivity contribution in [2.24, 2.45) is 0 Å². The molecule has 0 aliphatic heterocycles. The second-order valence-electron chi connectivity index (χ2n) is 4.20. The third-order valence-corrected chi connectivity index (χ3v) is 2.49. The molecule has 0 amide bonds. The summed E-state index contributed by atoms with van der Waals surface area (Å²) in [5.74, 6) is -0.166. The Morgan fingerprint density at radius 2 is 1.95 bits per heavy atom. The first kappa shape index (κ1) is 14.6. The molecule has 0 aliphatic carbocycles. The minimum Gasteiger partial charge on any atom is -0.504 e. The molecule has 1 aromatic carbocycles. The standard InChI is InChI=1S/C12H19N5O2/c1-17(2)12(14)16-11(13)15-7-6-8-4-3-5-9(18)10(8)19/h3-5,18-19H,6-7H2,1-2H3,(H4,13,14,15,16). The van der Waals surface area contributed by atoms with Crippen LogP contribution in [0.2, 0.25) is 0 Å². The molecule has 0 heterocycles. The number of guanidine groups is 2. The zero-order valence-corrected chi connectivity index (χ0v) is 11.0. The number of hydrogen-bond acceptors (Lipinski definition) is 4. The molecule has 7 nitrogen and oxygen atoms in total. The van der Waals surface area contributed by atoms with Crippen LogP contribution in [0.4, 0.5) is 0 Å². The number of rotatable bonds is 3. The lowest BCUT2D eigenvalue weighted by Gasteiger charge is -2.16. The first-order valence-corrected chi connectivity index (χ1v) is 5.77. The summed E-state index contributed by atoms with van der Waals surface area (Å²) < 4.78 is 0. The van der Waals surface area contributed by atoms with Crippen molar-refractivity contribution in [1.29, 1.82) is 10.8 Å². The molecule has 1 aromatic rings. The predicted octanol–water partition coefficient (Wildman–Crippen LogP) is 0.251. The molecule has 7 heteroatoms. The minimum atomic E-state index is -0.153. The first-order valence-electron chi connectivity index (χ1n) is 5.77. The SMILES string of the molecule is CN(C)C(=N)NC(=N)NCCc1cccc(O)c1O. The van der Waals surface area contributed by atoms with Crippen LogP contribution in [0.1, 0.15) is 5.56 Å². The fraction of sp³-hybridized carbons (Fsp3) is 0.333. The van der Waals surface area contributed by atoms with Crippen LogP contribution in [0.5, 0.6) is 11.5 Å². The van der Waals surface area contributed by atoms with Crippen molar-refractivity contribution in [3.63, 3.8) is 0 Å². The zero-order valence-electron chi connectivity index (χ0n) is 11.0. The normalized spacial score (nSPS) is 9.79. The van der Waals surface area contributed by atoms with E-state index >= 15 is 0 Å². The monoisotopic (exact) mass is 265 g/mol. The second kappa shape index (κ2) is 6.48. The van der Waals surface area contributed by atoms with Gasteiger partial charge in [-0.25, -0.2) is 0 Å². The van der Waals surface area contributed by atoms with Crippen LogP contribution in [-0.2, 0) is 6.42 Å². The van der Waals surface area contributed by atoms with Crippen molar-refractivity contribution in [2.45, 2.75) is 6.42 Å². The number of nitrogens with one attached hydrogen (secondary N) is 4. The van der Waals surface area contributed by atoms with Gasteiger partial charge in [0.15, 0.2) is 23.4 Å². The summed E-state index contributed by atoms with van der Waals surface area (Å²) in [7, 11) is 3.40. The molecule has 6 N–H and O–H groups in total. The first-order chi connectivity index (χ1) is 8.91. The van der Waals surface area contributed by atoms with Gasteiger partial charge in [-0.1, -0.05) is 12.1 Å². The molecule has 0 spiro atoms. The van der Waals surface area contributed by atoms with Crippen molar-refractivity contribution in [3.05, 3.63) is 23.8 Å². The quantitative estimate of drug-likeness (QED) is 0.266. The summed E-state index contributed by atoms with van der Waals surface area (Å²) in [6.07, 6.45) is 0.458. The molecule has 0 unspecified atom stereocenters. The van der Waals surface area contributed by atoms with Gasteiger partial charge in [0.2, 0.25) is 0 Å². The molecule has 0 aliphatic rings. The average Bonchev–Trinajstić information content (AvgIpc) is 2.34. The van der Waals surface area contributed by atoms with Gasteiger partial charge in [-0.3, -0.25) is 16.1 Å². The fourth-order valence-corrected chi connectivity index (χ4v) is 1.38. The molecule has 104 valence electrons. The van der Waals surface area contributed by atoms with Crippen LogP contribution >= 0.6 is 0 Å². The van der Waals surface area contributed by atoms with Crippen molar-refractivity contribution in [2.75, 3.05) is 20.6 Å². The van der Waals surface area contributed by atoms with Crippen LogP contribution in [0.25, 0.3) is 0 Å². The van der Waals surface area contributed by atoms with E-state index in [9.17, 15) is 10.2 Å². The lowest BCUT2D eigenvalue weighted by atomic mass is 10.1. The third-order valence-electron chi connectivity index (χ3n) is 2.49. The lowest BCUT2D eigenvalue weighted by molar-refractivity contribution is 0.399. The van der Waals surface area contributed by atoms with E-state index in [-0.39, 0.29) is 23.4 Å². The molecule has 19 heavy (non-hydrogen) atoms. The molecular formula is C12H19N5O2. The second-order valence-corrected chi connectivity index (χ2v) is 4.20. The van der Waals surface area contributed by atoms with Gasteiger partial charge in [-0.2, -0.15) is 0 Å². The van der Waals surface area contributed by atoms with E-state index in [1.54, 1.807) is 26.2 Å². The number of hydrogen-bond donors (Lipinski definition) is 6. The van der Waals surface area contributed by atoms with Gasteiger partial charge >= 0.3 is 0 Å². The number of phenols is 2. The molecule has 0 saturated carbocycles. The van der Waals surface area contributed by atoms with Gasteiger partial charge < -0.3 is 20.4 Å². The number of phenolic OH excluding ortho intramolecular Hbond substituents is 2. The Balaban J connectivity index is 2.40. The Kier molecular flexibility index (Phi) is 4.99. The smallest absolute Gasteiger partial charge is 0.197 e. The van der Waals surface area contributed by atoms with E-state index in [1.807, 2.05) is 0 Å². The van der Waals surface area contributed by atoms with Gasteiger partial charge in [0.25, 0.3) is 0 Å². The Hall–Kier alpha value is -2.44. The summed E-state index contributed by atoms with van der Waals surface area (Å²) in [4.78, 5) is 1.54. The molecular weight excluding hydrogens is 246 g/mol. The molecule has 0 radical (unpaired) electrons. The topological polar surface area (TPSA) is 115 Å². The van der Waals surface area contributed by atoms with E-state index < -0.39 is 0 Å². The highest BCUT2D eigenvalue weighted by Crippen LogP contribution is 2.28. The highest BCUT2D eigenvalue weighted by molar-refractivity contribution is 5.95. The molecule has 1 rings (SSSR count). The Morgan fingerprint density at radius 1 is 1.26 bits per heavy atom. The highest BCUT2D eigenvalue weighted by atomic mass is 16.3. The van der Waals surface area contributed by atoms with E-state index in [4.69, 9.17) is 10.8 Å². The van der Waals surface area contributed by atoms with E-state index in [2.05, 4.69) is 10.6 Å². The van der Waals surface area contributed by atoms with Gasteiger partial charge in [0.1, 0.15) is 0 Å². The fourth-order valence-electron chi connectivity index (χ4n) is 1.38. The van der Waals surface area contributed by atoms with Crippen LogP contribution in [0.15, 0.2) is 18.2 Å². The average molecular weight is 265 g/mol. The molecule has 0 atom stereocenters. The van der Waals surface area contributed by atoms with Gasteiger partial charge in [-0.05, 0) is 18.1 Å². The molecule has 0 saturated heterocycles. The van der Waals surface area contributed by atoms with Crippen LogP contribution in [-0.4, -0.2) is 47.7 Å². The van der Waals surface area contributed by atoms with Crippen molar-refractivity contribution in [3.8, 4) is 11.5 Å². The number of nitrogens with zero attached hydrogens (tertiary/aromatic N) is 1. The number of aromatic hydroxyl groups is 2. The maximum Gasteiger partial charge on any atom is 0.197 e. The van der Waals surface area contributed by atoms with Crippen LogP contribution in [0.3, 0.4) is 0 Å². The largest absolute Gasteiger partial charge is 0.504 e. The van der Waals surface area contributed by atoms with Gasteiger partial charge in [0.05, 0.1) is 0 Å². The summed E-state index contributed by atoms with van der Waals surface area (Å²) >= 11 is 0. The lowest BCUT2D eigenvalue weighted by Crippen LogP contribution is -2.45. The van der Waals surface area contributed by atoms with Crippen LogP contribution in [0, 0.1) is 10.8 Å². The van der Waals surface area contributed by atoms with Gasteiger partial charge in [0, 0.05) is 20.6 Å². The van der Waals surface area contributed by atoms with Crippen LogP contribution < -0.4 is 10.6 Å². The van der Waals surface area contributed by atoms with E-state index in [0.717, 1.165) is 0 Å². The molecule has 0 aromatic heterocycles. The summed E-state index contributed by atoms with van der Waals surface area (Å²) in [6.45, 7) is 0.406. The minimum absolute atomic E-state index is 0.0124. The predicted molar refractivity (Wildman–Crippen MR) is 73.8 cm³/mol. The zero-order chi connectivity index (χ0) is 14.4. The summed E-state index contributed by atoms with van der Waals surface area (Å²) in [5.41, 5.74) is 0.600. The third kappa shape index (κ3) is 4.38. The maximum atomic E-state index is 9.59. The summed E-state index contributed by atoms with van der Waals surface area (Å²) in [6, 6.07) is 4.76. The maximum absolute atomic E-state index is 9.59. The summed E-state index contributed by atoms with van der Waals surface area (Å²) in [5, 5.41) is 39.3. The van der Waals surface area contributed by atoms with Crippen molar-refractivity contribution in [1.82, 2.24) is 15.5 Å². The van der Waals surface area contributed by atoms with Crippen molar-refractivity contribution < 1.29 is 10.2 Å². The molecule has 0 bridgehead atoms. The van der Waals surface area contributed by atoms with Crippen molar-refractivity contribution >= 4 is 11.9 Å². The Bertz CT molecular complexity index is 473. The highest BCUT2D eigenvalue weighted by Gasteiger charge is 2.06.